The minimum absolute atomic E-state index is 0.153. The van der Waals surface area contributed by atoms with Crippen molar-refractivity contribution in [2.24, 2.45) is 5.92 Å². The van der Waals surface area contributed by atoms with Gasteiger partial charge in [-0.2, -0.15) is 5.26 Å². The number of hydrogen-bond acceptors (Lipinski definition) is 6. The van der Waals surface area contributed by atoms with Crippen molar-refractivity contribution in [2.75, 3.05) is 44.2 Å². The topological polar surface area (TPSA) is 63.5 Å². The maximum Gasteiger partial charge on any atom is 0.225 e. The van der Waals surface area contributed by atoms with Crippen LogP contribution in [-0.4, -0.2) is 60.0 Å². The molecule has 0 spiro atoms. The summed E-state index contributed by atoms with van der Waals surface area (Å²) in [7, 11) is 0. The van der Waals surface area contributed by atoms with E-state index in [4.69, 9.17) is 5.26 Å². The molecular formula is C23H29N5OS. The van der Waals surface area contributed by atoms with Gasteiger partial charge in [0, 0.05) is 49.7 Å². The van der Waals surface area contributed by atoms with E-state index in [0.29, 0.717) is 11.5 Å². The van der Waals surface area contributed by atoms with Gasteiger partial charge in [0.1, 0.15) is 0 Å². The number of piperidine rings is 1. The Hall–Kier alpha value is -2.43. The van der Waals surface area contributed by atoms with E-state index in [1.165, 1.54) is 0 Å². The lowest BCUT2D eigenvalue weighted by Crippen LogP contribution is -2.43. The normalized spacial score (nSPS) is 18.8. The molecule has 30 heavy (non-hydrogen) atoms. The molecule has 0 bridgehead atoms. The number of nitrogens with zero attached hydrogens (tertiary/aromatic N) is 5. The Bertz CT molecular complexity index is 895. The van der Waals surface area contributed by atoms with E-state index in [-0.39, 0.29) is 5.92 Å². The molecule has 1 aromatic heterocycles. The highest BCUT2D eigenvalue weighted by Gasteiger charge is 2.29. The van der Waals surface area contributed by atoms with Crippen LogP contribution in [0.2, 0.25) is 0 Å². The Morgan fingerprint density at radius 2 is 1.90 bits per heavy atom. The fraction of sp³-hybridized carbons (Fsp3) is 0.522. The van der Waals surface area contributed by atoms with E-state index in [1.54, 1.807) is 11.3 Å². The molecule has 4 rings (SSSR count). The van der Waals surface area contributed by atoms with Crippen molar-refractivity contribution >= 4 is 22.9 Å². The number of carbonyl (C=O) groups is 1. The third-order valence-electron chi connectivity index (χ3n) is 6.16. The van der Waals surface area contributed by atoms with Gasteiger partial charge in [-0.25, -0.2) is 4.98 Å². The van der Waals surface area contributed by atoms with Gasteiger partial charge in [0.15, 0.2) is 0 Å². The number of thiazole rings is 1. The van der Waals surface area contributed by atoms with Crippen LogP contribution < -0.4 is 4.90 Å². The number of anilines is 1. The molecule has 0 N–H and O–H groups in total. The molecule has 2 saturated heterocycles. The summed E-state index contributed by atoms with van der Waals surface area (Å²) in [6.45, 7) is 8.29. The zero-order valence-corrected chi connectivity index (χ0v) is 18.4. The fourth-order valence-corrected chi connectivity index (χ4v) is 5.05. The van der Waals surface area contributed by atoms with Crippen molar-refractivity contribution in [1.82, 2.24) is 14.8 Å². The van der Waals surface area contributed by atoms with Crippen LogP contribution in [0.1, 0.15) is 35.5 Å². The maximum atomic E-state index is 13.1. The molecule has 2 aliphatic rings. The number of nitriles is 1. The molecule has 2 aromatic rings. The summed E-state index contributed by atoms with van der Waals surface area (Å²) in [5, 5.41) is 12.2. The number of amides is 1. The summed E-state index contributed by atoms with van der Waals surface area (Å²) in [5.74, 6) is 0.487. The van der Waals surface area contributed by atoms with Crippen molar-refractivity contribution < 1.29 is 4.79 Å². The highest BCUT2D eigenvalue weighted by atomic mass is 32.1. The van der Waals surface area contributed by atoms with Gasteiger partial charge in [-0.05, 0) is 63.5 Å². The zero-order valence-electron chi connectivity index (χ0n) is 17.6. The predicted molar refractivity (Wildman–Crippen MR) is 119 cm³/mol. The molecule has 0 aliphatic carbocycles. The number of hydrogen-bond donors (Lipinski definition) is 0. The standard InChI is InChI=1S/C23H29N5OS/c1-18-25-21(17-30-18)16-26-11-7-20(8-12-26)23(29)28-10-2-9-27(13-14-28)22-5-3-19(15-24)4-6-22/h3-6,17,20H,2,7-14,16H2,1H3. The van der Waals surface area contributed by atoms with Gasteiger partial charge in [-0.1, -0.05) is 0 Å². The van der Waals surface area contributed by atoms with Crippen LogP contribution in [0.4, 0.5) is 5.69 Å². The van der Waals surface area contributed by atoms with Crippen molar-refractivity contribution in [2.45, 2.75) is 32.7 Å². The van der Waals surface area contributed by atoms with Crippen LogP contribution in [0.3, 0.4) is 0 Å². The number of rotatable bonds is 4. The first-order valence-electron chi connectivity index (χ1n) is 10.8. The van der Waals surface area contributed by atoms with Crippen LogP contribution in [-0.2, 0) is 11.3 Å². The summed E-state index contributed by atoms with van der Waals surface area (Å²) in [4.78, 5) is 24.5. The first-order valence-corrected chi connectivity index (χ1v) is 11.7. The molecule has 2 aliphatic heterocycles. The average Bonchev–Trinajstić information content (AvgIpc) is 3.03. The molecule has 2 fully saturated rings. The van der Waals surface area contributed by atoms with Crippen LogP contribution in [0, 0.1) is 24.2 Å². The van der Waals surface area contributed by atoms with Crippen molar-refractivity contribution in [3.8, 4) is 6.07 Å². The molecule has 0 unspecified atom stereocenters. The molecule has 1 aromatic carbocycles. The van der Waals surface area contributed by atoms with E-state index in [0.717, 1.165) is 81.5 Å². The van der Waals surface area contributed by atoms with Gasteiger partial charge in [-0.3, -0.25) is 9.69 Å². The summed E-state index contributed by atoms with van der Waals surface area (Å²) >= 11 is 1.70. The van der Waals surface area contributed by atoms with E-state index in [1.807, 2.05) is 31.2 Å². The minimum Gasteiger partial charge on any atom is -0.370 e. The Balaban J connectivity index is 1.27. The summed E-state index contributed by atoms with van der Waals surface area (Å²) < 4.78 is 0. The molecule has 158 valence electrons. The second-order valence-electron chi connectivity index (χ2n) is 8.23. The van der Waals surface area contributed by atoms with Crippen LogP contribution >= 0.6 is 11.3 Å². The van der Waals surface area contributed by atoms with Crippen molar-refractivity contribution in [3.05, 3.63) is 45.9 Å². The van der Waals surface area contributed by atoms with Gasteiger partial charge in [-0.15, -0.1) is 11.3 Å². The molecule has 6 nitrogen and oxygen atoms in total. The van der Waals surface area contributed by atoms with Crippen molar-refractivity contribution in [1.29, 1.82) is 5.26 Å². The van der Waals surface area contributed by atoms with E-state index in [9.17, 15) is 4.79 Å². The van der Waals surface area contributed by atoms with Crippen molar-refractivity contribution in [3.63, 3.8) is 0 Å². The summed E-state index contributed by atoms with van der Waals surface area (Å²) in [5.41, 5.74) is 2.97. The number of likely N-dealkylation sites (tertiary alicyclic amines) is 1. The Kier molecular flexibility index (Phi) is 6.66. The monoisotopic (exact) mass is 423 g/mol. The lowest BCUT2D eigenvalue weighted by Gasteiger charge is -2.33. The quantitative estimate of drug-likeness (QED) is 0.755. The second-order valence-corrected chi connectivity index (χ2v) is 9.30. The number of benzene rings is 1. The van der Waals surface area contributed by atoms with Gasteiger partial charge < -0.3 is 9.80 Å². The Labute approximate surface area is 182 Å². The highest BCUT2D eigenvalue weighted by molar-refractivity contribution is 7.09. The SMILES string of the molecule is Cc1nc(CN2CCC(C(=O)N3CCCN(c4ccc(C#N)cc4)CC3)CC2)cs1. The third kappa shape index (κ3) is 5.00. The van der Waals surface area contributed by atoms with E-state index < -0.39 is 0 Å². The molecule has 0 atom stereocenters. The molecular weight excluding hydrogens is 394 g/mol. The van der Waals surface area contributed by atoms with Gasteiger partial charge in [0.05, 0.1) is 22.3 Å². The number of aromatic nitrogens is 1. The highest BCUT2D eigenvalue weighted by Crippen LogP contribution is 2.23. The Morgan fingerprint density at radius 1 is 1.13 bits per heavy atom. The van der Waals surface area contributed by atoms with E-state index in [2.05, 4.69) is 31.1 Å². The maximum absolute atomic E-state index is 13.1. The molecule has 1 amide bonds. The fourth-order valence-electron chi connectivity index (χ4n) is 4.45. The largest absolute Gasteiger partial charge is 0.370 e. The molecule has 3 heterocycles. The minimum atomic E-state index is 0.153. The first-order chi connectivity index (χ1) is 14.6. The van der Waals surface area contributed by atoms with E-state index >= 15 is 0 Å². The van der Waals surface area contributed by atoms with Gasteiger partial charge in [0.25, 0.3) is 0 Å². The molecule has 0 radical (unpaired) electrons. The first kappa shape index (κ1) is 20.8. The lowest BCUT2D eigenvalue weighted by atomic mass is 9.95. The predicted octanol–water partition coefficient (Wildman–Crippen LogP) is 3.27. The Morgan fingerprint density at radius 3 is 2.57 bits per heavy atom. The van der Waals surface area contributed by atoms with Crippen LogP contribution in [0.15, 0.2) is 29.6 Å². The summed E-state index contributed by atoms with van der Waals surface area (Å²) in [6, 6.07) is 9.92. The number of carbonyl (C=O) groups excluding carboxylic acids is 1. The van der Waals surface area contributed by atoms with Gasteiger partial charge in [0.2, 0.25) is 5.91 Å². The smallest absolute Gasteiger partial charge is 0.225 e. The molecule has 0 saturated carbocycles. The number of aryl methyl sites for hydroxylation is 1. The van der Waals surface area contributed by atoms with Crippen LogP contribution in [0.25, 0.3) is 0 Å². The lowest BCUT2D eigenvalue weighted by molar-refractivity contribution is -0.136. The second kappa shape index (κ2) is 9.59. The molecule has 7 heteroatoms. The average molecular weight is 424 g/mol. The van der Waals surface area contributed by atoms with Crippen LogP contribution in [0.5, 0.6) is 0 Å². The zero-order chi connectivity index (χ0) is 20.9. The van der Waals surface area contributed by atoms with Gasteiger partial charge >= 0.3 is 0 Å². The summed E-state index contributed by atoms with van der Waals surface area (Å²) in [6.07, 6.45) is 2.86. The third-order valence-corrected chi connectivity index (χ3v) is 6.98.